The summed E-state index contributed by atoms with van der Waals surface area (Å²) in [5.74, 6) is -0.509. The molecule has 0 radical (unpaired) electrons. The molecular weight excluding hydrogens is 545 g/mol. The van der Waals surface area contributed by atoms with Gasteiger partial charge in [0.05, 0.1) is 28.1 Å². The van der Waals surface area contributed by atoms with Crippen molar-refractivity contribution in [3.05, 3.63) is 73.6 Å². The van der Waals surface area contributed by atoms with Crippen LogP contribution in [0.3, 0.4) is 0 Å². The summed E-state index contributed by atoms with van der Waals surface area (Å²) < 4.78 is 17.8. The second kappa shape index (κ2) is 10.2. The number of nitrogens with one attached hydrogen (secondary N) is 2. The molecule has 1 aliphatic heterocycles. The maximum atomic E-state index is 14.8. The predicted molar refractivity (Wildman–Crippen MR) is 156 cm³/mol. The average molecular weight is 578 g/mol. The molecule has 6 rings (SSSR count). The molecule has 1 saturated heterocycles. The highest BCUT2D eigenvalue weighted by Crippen LogP contribution is 2.48. The number of fused-ring (bicyclic) bond motifs is 1. The van der Waals surface area contributed by atoms with E-state index >= 15 is 0 Å². The van der Waals surface area contributed by atoms with Gasteiger partial charge in [0.2, 0.25) is 0 Å². The molecule has 1 atom stereocenters. The van der Waals surface area contributed by atoms with Gasteiger partial charge in [0.1, 0.15) is 11.5 Å². The highest BCUT2D eigenvalue weighted by atomic mass is 32.1. The monoisotopic (exact) mass is 577 g/mol. The van der Waals surface area contributed by atoms with Crippen LogP contribution in [0.15, 0.2) is 41.2 Å². The lowest BCUT2D eigenvalue weighted by Crippen LogP contribution is -2.36. The zero-order valence-electron chi connectivity index (χ0n) is 23.4. The Morgan fingerprint density at radius 1 is 1.12 bits per heavy atom. The van der Waals surface area contributed by atoms with Gasteiger partial charge < -0.3 is 15.7 Å². The van der Waals surface area contributed by atoms with Gasteiger partial charge in [-0.3, -0.25) is 19.2 Å². The number of halogens is 1. The van der Waals surface area contributed by atoms with Crippen LogP contribution in [-0.4, -0.2) is 48.6 Å². The summed E-state index contributed by atoms with van der Waals surface area (Å²) >= 11 is 1.32. The number of aliphatic hydroxyl groups excluding tert-OH is 1. The molecule has 214 valence electrons. The van der Waals surface area contributed by atoms with Crippen LogP contribution in [0.1, 0.15) is 52.2 Å². The lowest BCUT2D eigenvalue weighted by atomic mass is 9.88. The van der Waals surface area contributed by atoms with Gasteiger partial charge in [-0.1, -0.05) is 13.8 Å². The van der Waals surface area contributed by atoms with Crippen LogP contribution in [0, 0.1) is 11.2 Å². The van der Waals surface area contributed by atoms with Crippen molar-refractivity contribution >= 4 is 34.4 Å². The molecule has 1 amide bonds. The van der Waals surface area contributed by atoms with Crippen LogP contribution < -0.4 is 16.2 Å². The third-order valence-electron chi connectivity index (χ3n) is 7.86. The van der Waals surface area contributed by atoms with Crippen molar-refractivity contribution in [2.75, 3.05) is 23.7 Å². The summed E-state index contributed by atoms with van der Waals surface area (Å²) in [7, 11) is 3.42. The number of benzene rings is 1. The van der Waals surface area contributed by atoms with Crippen molar-refractivity contribution < 1.29 is 14.3 Å². The van der Waals surface area contributed by atoms with Crippen LogP contribution in [0.5, 0.6) is 0 Å². The molecule has 1 aromatic carbocycles. The summed E-state index contributed by atoms with van der Waals surface area (Å²) in [4.78, 5) is 29.6. The number of likely N-dealkylation sites (tertiary alicyclic amines) is 1. The molecule has 3 aromatic heterocycles. The van der Waals surface area contributed by atoms with E-state index in [0.29, 0.717) is 28.4 Å². The Morgan fingerprint density at radius 2 is 1.90 bits per heavy atom. The number of hydrogen-bond acceptors (Lipinski definition) is 8. The van der Waals surface area contributed by atoms with Gasteiger partial charge in [-0.05, 0) is 67.2 Å². The number of carbonyl (C=O) groups excluding carboxylic acids is 1. The van der Waals surface area contributed by atoms with Crippen LogP contribution in [-0.2, 0) is 27.1 Å². The molecule has 0 bridgehead atoms. The minimum absolute atomic E-state index is 0.00698. The Kier molecular flexibility index (Phi) is 6.79. The fourth-order valence-electron chi connectivity index (χ4n) is 5.28. The van der Waals surface area contributed by atoms with Crippen molar-refractivity contribution in [1.29, 1.82) is 0 Å². The lowest BCUT2D eigenvalue weighted by molar-refractivity contribution is 0.0665. The largest absolute Gasteiger partial charge is 0.388 e. The lowest BCUT2D eigenvalue weighted by Gasteiger charge is -2.30. The van der Waals surface area contributed by atoms with E-state index < -0.39 is 17.8 Å². The quantitative estimate of drug-likeness (QED) is 0.301. The number of carbonyl (C=O) groups is 1. The van der Waals surface area contributed by atoms with Crippen molar-refractivity contribution in [3.63, 3.8) is 0 Å². The van der Waals surface area contributed by atoms with Crippen LogP contribution in [0.4, 0.5) is 21.6 Å². The van der Waals surface area contributed by atoms with Crippen molar-refractivity contribution in [2.24, 2.45) is 19.5 Å². The SMILES string of the molecule is Cn1nc(Nc2cc(-c3ccc(F)c(NC(=O)c4cc5c(s4)CC(C)(C)[C@@H]5O)c3)nn(C)c2=O)cc1CN1CCC1. The van der Waals surface area contributed by atoms with E-state index in [1.54, 1.807) is 29.9 Å². The van der Waals surface area contributed by atoms with E-state index in [1.165, 1.54) is 34.6 Å². The molecule has 2 aliphatic rings. The zero-order valence-corrected chi connectivity index (χ0v) is 24.2. The molecule has 12 heteroatoms. The Bertz CT molecular complexity index is 1720. The summed E-state index contributed by atoms with van der Waals surface area (Å²) in [5.41, 5.74) is 2.38. The van der Waals surface area contributed by atoms with E-state index in [9.17, 15) is 19.1 Å². The third-order valence-corrected chi connectivity index (χ3v) is 9.01. The minimum Gasteiger partial charge on any atom is -0.388 e. The Morgan fingerprint density at radius 3 is 2.61 bits per heavy atom. The number of amides is 1. The number of rotatable bonds is 7. The van der Waals surface area contributed by atoms with Gasteiger partial charge in [0.25, 0.3) is 11.5 Å². The van der Waals surface area contributed by atoms with Gasteiger partial charge in [-0.25, -0.2) is 9.07 Å². The van der Waals surface area contributed by atoms with E-state index in [1.807, 2.05) is 27.0 Å². The molecule has 1 fully saturated rings. The summed E-state index contributed by atoms with van der Waals surface area (Å²) in [6, 6.07) is 9.50. The van der Waals surface area contributed by atoms with Crippen molar-refractivity contribution in [2.45, 2.75) is 39.3 Å². The Labute approximate surface area is 240 Å². The van der Waals surface area contributed by atoms with Gasteiger partial charge in [0, 0.05) is 37.1 Å². The maximum Gasteiger partial charge on any atom is 0.290 e. The first-order valence-corrected chi connectivity index (χ1v) is 14.3. The molecule has 1 aliphatic carbocycles. The number of aryl methyl sites for hydroxylation is 2. The molecule has 10 nitrogen and oxygen atoms in total. The summed E-state index contributed by atoms with van der Waals surface area (Å²) in [5, 5.41) is 25.2. The van der Waals surface area contributed by atoms with Gasteiger partial charge in [-0.15, -0.1) is 11.3 Å². The van der Waals surface area contributed by atoms with E-state index in [2.05, 4.69) is 25.7 Å². The van der Waals surface area contributed by atoms with Crippen LogP contribution in [0.25, 0.3) is 11.3 Å². The average Bonchev–Trinajstić information content (AvgIpc) is 3.52. The van der Waals surface area contributed by atoms with Gasteiger partial charge >= 0.3 is 0 Å². The molecule has 0 spiro atoms. The normalized spacial score (nSPS) is 17.8. The third kappa shape index (κ3) is 5.18. The van der Waals surface area contributed by atoms with Crippen molar-refractivity contribution in [3.8, 4) is 11.3 Å². The van der Waals surface area contributed by atoms with Crippen LogP contribution in [0.2, 0.25) is 0 Å². The van der Waals surface area contributed by atoms with E-state index in [4.69, 9.17) is 0 Å². The van der Waals surface area contributed by atoms with Crippen molar-refractivity contribution in [1.82, 2.24) is 24.5 Å². The number of aliphatic hydroxyl groups is 1. The predicted octanol–water partition coefficient (Wildman–Crippen LogP) is 4.20. The molecule has 3 N–H and O–H groups in total. The summed E-state index contributed by atoms with van der Waals surface area (Å²) in [6.45, 7) is 6.91. The molecule has 0 unspecified atom stereocenters. The second-order valence-corrected chi connectivity index (χ2v) is 12.6. The molecule has 4 aromatic rings. The zero-order chi connectivity index (χ0) is 29.1. The molecule has 0 saturated carbocycles. The highest BCUT2D eigenvalue weighted by Gasteiger charge is 2.40. The first kappa shape index (κ1) is 27.3. The first-order valence-electron chi connectivity index (χ1n) is 13.5. The molecular formula is C29H32FN7O3S. The highest BCUT2D eigenvalue weighted by molar-refractivity contribution is 7.14. The maximum absolute atomic E-state index is 14.8. The molecule has 4 heterocycles. The number of aromatic nitrogens is 4. The fraction of sp³-hybridized carbons (Fsp3) is 0.379. The smallest absolute Gasteiger partial charge is 0.290 e. The topological polar surface area (TPSA) is 117 Å². The Hall–Kier alpha value is -3.87. The van der Waals surface area contributed by atoms with Gasteiger partial charge in [-0.2, -0.15) is 10.2 Å². The van der Waals surface area contributed by atoms with Gasteiger partial charge in [0.15, 0.2) is 5.82 Å². The number of hydrogen-bond donors (Lipinski definition) is 3. The van der Waals surface area contributed by atoms with E-state index in [0.717, 1.165) is 35.8 Å². The minimum atomic E-state index is -0.646. The first-order chi connectivity index (χ1) is 19.5. The standard InChI is InChI=1S/C29H32FN7O3S/c1-29(2)14-24-18(26(29)38)12-23(41-24)27(39)32-21-10-16(6-7-19(21)30)20-13-22(28(40)36(4)33-20)31-25-11-17(35(3)34-25)15-37-8-5-9-37/h6-7,10-13,26,38H,5,8-9,14-15H2,1-4H3,(H,31,34)(H,32,39)/t26-/m1/s1. The number of anilines is 3. The number of nitrogens with zero attached hydrogens (tertiary/aromatic N) is 5. The fourth-order valence-corrected chi connectivity index (χ4v) is 6.61. The van der Waals surface area contributed by atoms with E-state index in [-0.39, 0.29) is 22.3 Å². The molecule has 41 heavy (non-hydrogen) atoms. The Balaban J connectivity index is 1.23. The van der Waals surface area contributed by atoms with Crippen LogP contribution >= 0.6 is 11.3 Å². The number of thiophene rings is 1. The summed E-state index contributed by atoms with van der Waals surface area (Å²) in [6.07, 6.45) is 1.23. The second-order valence-electron chi connectivity index (χ2n) is 11.5.